The molecule has 15 heavy (non-hydrogen) atoms. The molecule has 4 nitrogen and oxygen atoms in total. The number of hydrogen-bond acceptors (Lipinski definition) is 3. The second kappa shape index (κ2) is 5.11. The van der Waals surface area contributed by atoms with E-state index in [0.29, 0.717) is 0 Å². The predicted molar refractivity (Wildman–Crippen MR) is 63.5 cm³/mol. The van der Waals surface area contributed by atoms with E-state index in [-0.39, 0.29) is 0 Å². The van der Waals surface area contributed by atoms with Gasteiger partial charge in [-0.3, -0.25) is 0 Å². The molecule has 1 saturated heterocycles. The lowest BCUT2D eigenvalue weighted by molar-refractivity contribution is 0.668. The van der Waals surface area contributed by atoms with Gasteiger partial charge in [0.1, 0.15) is 0 Å². The van der Waals surface area contributed by atoms with Crippen molar-refractivity contribution in [3.05, 3.63) is 18.0 Å². The molecule has 1 radical (unpaired) electrons. The molecular weight excluding hydrogens is 208 g/mol. The third-order valence-electron chi connectivity index (χ3n) is 2.12. The van der Waals surface area contributed by atoms with Crippen molar-refractivity contribution in [2.24, 2.45) is 4.99 Å². The summed E-state index contributed by atoms with van der Waals surface area (Å²) in [6, 6.07) is 0. The minimum atomic E-state index is 0.815. The molecule has 1 aromatic rings. The molecule has 0 spiro atoms. The van der Waals surface area contributed by atoms with E-state index in [4.69, 9.17) is 0 Å². The highest BCUT2D eigenvalue weighted by Gasteiger charge is 2.05. The summed E-state index contributed by atoms with van der Waals surface area (Å²) in [6.45, 7) is 5.79. The summed E-state index contributed by atoms with van der Waals surface area (Å²) in [4.78, 5) is 8.81. The highest BCUT2D eigenvalue weighted by atomic mass is 32.1. The van der Waals surface area contributed by atoms with E-state index in [1.807, 2.05) is 5.38 Å². The Balaban J connectivity index is 2.02. The second-order valence-electron chi connectivity index (χ2n) is 3.39. The van der Waals surface area contributed by atoms with Crippen LogP contribution in [0.3, 0.4) is 0 Å². The highest BCUT2D eigenvalue weighted by Crippen LogP contribution is 2.19. The van der Waals surface area contributed by atoms with E-state index in [9.17, 15) is 0 Å². The number of rotatable bonds is 3. The van der Waals surface area contributed by atoms with Crippen LogP contribution in [0.2, 0.25) is 0 Å². The predicted octanol–water partition coefficient (Wildman–Crippen LogP) is 1.48. The van der Waals surface area contributed by atoms with Crippen LogP contribution in [-0.2, 0) is 6.42 Å². The first-order valence-electron chi connectivity index (χ1n) is 5.18. The van der Waals surface area contributed by atoms with E-state index < -0.39 is 0 Å². The van der Waals surface area contributed by atoms with Crippen molar-refractivity contribution in [1.29, 1.82) is 0 Å². The monoisotopic (exact) mass is 223 g/mol. The van der Waals surface area contributed by atoms with E-state index >= 15 is 0 Å². The number of thiazole rings is 1. The van der Waals surface area contributed by atoms with Gasteiger partial charge in [-0.15, -0.1) is 11.3 Å². The SMILES string of the molecule is [CH2]CCc1csc(N=C2NCCCN2)n1. The van der Waals surface area contributed by atoms with Crippen LogP contribution in [0.25, 0.3) is 0 Å². The molecule has 0 saturated carbocycles. The maximum atomic E-state index is 4.41. The molecule has 1 aromatic heterocycles. The minimum Gasteiger partial charge on any atom is -0.356 e. The highest BCUT2D eigenvalue weighted by molar-refractivity contribution is 7.13. The summed E-state index contributed by atoms with van der Waals surface area (Å²) in [5.41, 5.74) is 1.09. The van der Waals surface area contributed by atoms with Crippen LogP contribution in [0.4, 0.5) is 5.13 Å². The molecule has 1 aliphatic rings. The summed E-state index contributed by atoms with van der Waals surface area (Å²) in [6.07, 6.45) is 2.96. The third-order valence-corrected chi connectivity index (χ3v) is 2.90. The van der Waals surface area contributed by atoms with Crippen LogP contribution in [0.15, 0.2) is 10.4 Å². The average molecular weight is 223 g/mol. The van der Waals surface area contributed by atoms with Crippen LogP contribution >= 0.6 is 11.3 Å². The summed E-state index contributed by atoms with van der Waals surface area (Å²) in [5.74, 6) is 0.844. The van der Waals surface area contributed by atoms with Crippen LogP contribution in [-0.4, -0.2) is 24.0 Å². The van der Waals surface area contributed by atoms with Crippen molar-refractivity contribution in [3.63, 3.8) is 0 Å². The molecule has 1 fully saturated rings. The van der Waals surface area contributed by atoms with E-state index in [0.717, 1.165) is 49.1 Å². The van der Waals surface area contributed by atoms with Gasteiger partial charge in [0.05, 0.1) is 5.69 Å². The van der Waals surface area contributed by atoms with Crippen molar-refractivity contribution < 1.29 is 0 Å². The number of aryl methyl sites for hydroxylation is 1. The molecule has 2 rings (SSSR count). The van der Waals surface area contributed by atoms with Gasteiger partial charge in [0, 0.05) is 18.5 Å². The molecule has 5 heteroatoms. The molecule has 2 N–H and O–H groups in total. The normalized spacial score (nSPS) is 15.7. The molecule has 81 valence electrons. The standard InChI is InChI=1S/C10H15N4S/c1-2-4-8-7-15-10(13-8)14-9-11-5-3-6-12-9/h7H,1-6H2,(H2,11,12,13,14). The number of nitrogens with one attached hydrogen (secondary N) is 2. The van der Waals surface area contributed by atoms with Crippen molar-refractivity contribution >= 4 is 22.4 Å². The van der Waals surface area contributed by atoms with Gasteiger partial charge in [-0.25, -0.2) is 4.98 Å². The van der Waals surface area contributed by atoms with Gasteiger partial charge in [0.15, 0.2) is 5.96 Å². The maximum absolute atomic E-state index is 4.41. The lowest BCUT2D eigenvalue weighted by Crippen LogP contribution is -2.43. The molecule has 0 aromatic carbocycles. The fourth-order valence-corrected chi connectivity index (χ4v) is 2.11. The third kappa shape index (κ3) is 2.92. The number of guanidine groups is 1. The largest absolute Gasteiger partial charge is 0.356 e. The number of aliphatic imine (C=N–C) groups is 1. The Kier molecular flexibility index (Phi) is 3.55. The van der Waals surface area contributed by atoms with Gasteiger partial charge < -0.3 is 10.6 Å². The van der Waals surface area contributed by atoms with Crippen LogP contribution in [0.1, 0.15) is 18.5 Å². The zero-order valence-corrected chi connectivity index (χ0v) is 9.44. The van der Waals surface area contributed by atoms with Gasteiger partial charge >= 0.3 is 0 Å². The summed E-state index contributed by atoms with van der Waals surface area (Å²) >= 11 is 1.58. The van der Waals surface area contributed by atoms with E-state index in [1.165, 1.54) is 0 Å². The molecule has 0 aliphatic carbocycles. The van der Waals surface area contributed by atoms with Gasteiger partial charge in [-0.05, 0) is 19.3 Å². The van der Waals surface area contributed by atoms with Crippen molar-refractivity contribution in [3.8, 4) is 0 Å². The van der Waals surface area contributed by atoms with Gasteiger partial charge in [0.25, 0.3) is 0 Å². The lowest BCUT2D eigenvalue weighted by atomic mass is 10.3. The van der Waals surface area contributed by atoms with Crippen LogP contribution in [0.5, 0.6) is 0 Å². The van der Waals surface area contributed by atoms with Crippen LogP contribution in [0, 0.1) is 6.92 Å². The number of aromatic nitrogens is 1. The lowest BCUT2D eigenvalue weighted by Gasteiger charge is -2.16. The zero-order chi connectivity index (χ0) is 10.5. The Hall–Kier alpha value is -1.10. The fourth-order valence-electron chi connectivity index (χ4n) is 1.38. The zero-order valence-electron chi connectivity index (χ0n) is 8.62. The molecule has 0 atom stereocenters. The quantitative estimate of drug-likeness (QED) is 0.816. The fraction of sp³-hybridized carbons (Fsp3) is 0.500. The van der Waals surface area contributed by atoms with Gasteiger partial charge in [-0.2, -0.15) is 4.99 Å². The number of nitrogens with zero attached hydrogens (tertiary/aromatic N) is 2. The molecule has 0 amide bonds. The summed E-state index contributed by atoms with van der Waals surface area (Å²) in [7, 11) is 0. The summed E-state index contributed by atoms with van der Waals surface area (Å²) in [5, 5.41) is 9.27. The number of hydrogen-bond donors (Lipinski definition) is 2. The Labute approximate surface area is 93.8 Å². The minimum absolute atomic E-state index is 0.815. The molecule has 2 heterocycles. The Bertz CT molecular complexity index is 337. The average Bonchev–Trinajstić information content (AvgIpc) is 2.68. The van der Waals surface area contributed by atoms with Crippen LogP contribution < -0.4 is 10.6 Å². The van der Waals surface area contributed by atoms with Gasteiger partial charge in [0.2, 0.25) is 5.13 Å². The Morgan fingerprint density at radius 3 is 3.00 bits per heavy atom. The molecule has 0 unspecified atom stereocenters. The van der Waals surface area contributed by atoms with Gasteiger partial charge in [-0.1, -0.05) is 6.92 Å². The molecule has 1 aliphatic heterocycles. The Morgan fingerprint density at radius 2 is 2.27 bits per heavy atom. The second-order valence-corrected chi connectivity index (χ2v) is 4.23. The van der Waals surface area contributed by atoms with Crippen molar-refractivity contribution in [2.45, 2.75) is 19.3 Å². The van der Waals surface area contributed by atoms with E-state index in [2.05, 4.69) is 27.5 Å². The Morgan fingerprint density at radius 1 is 1.47 bits per heavy atom. The molecular formula is C10H15N4S. The first-order valence-corrected chi connectivity index (χ1v) is 6.06. The van der Waals surface area contributed by atoms with E-state index in [1.54, 1.807) is 11.3 Å². The van der Waals surface area contributed by atoms with Crippen molar-refractivity contribution in [1.82, 2.24) is 15.6 Å². The smallest absolute Gasteiger partial charge is 0.212 e. The first-order chi connectivity index (χ1) is 7.38. The topological polar surface area (TPSA) is 49.3 Å². The van der Waals surface area contributed by atoms with Crippen molar-refractivity contribution in [2.75, 3.05) is 13.1 Å². The first kappa shape index (κ1) is 10.4. The molecule has 0 bridgehead atoms. The summed E-state index contributed by atoms with van der Waals surface area (Å²) < 4.78 is 0. The maximum Gasteiger partial charge on any atom is 0.212 e.